The summed E-state index contributed by atoms with van der Waals surface area (Å²) in [6.45, 7) is 5.71. The number of thiophene rings is 1. The number of aromatic nitrogens is 2. The molecule has 3 heterocycles. The molecule has 5 heteroatoms. The molecule has 1 amide bonds. The van der Waals surface area contributed by atoms with Gasteiger partial charge in [-0.15, -0.1) is 0 Å². The van der Waals surface area contributed by atoms with Crippen LogP contribution < -0.4 is 0 Å². The number of hydrogen-bond acceptors (Lipinski definition) is 3. The standard InChI is InChI=1S/C15H19N3OS/c1-11-8-12(2)18(16-11)14-4-3-6-17(9-14)15(19)13-5-7-20-10-13/h5,7-8,10,14H,3-4,6,9H2,1-2H3. The molecule has 0 aliphatic carbocycles. The van der Waals surface area contributed by atoms with Crippen molar-refractivity contribution >= 4 is 17.2 Å². The summed E-state index contributed by atoms with van der Waals surface area (Å²) in [5.41, 5.74) is 3.03. The topological polar surface area (TPSA) is 38.1 Å². The normalized spacial score (nSPS) is 19.3. The molecule has 0 N–H and O–H groups in total. The number of carbonyl (C=O) groups is 1. The lowest BCUT2D eigenvalue weighted by atomic mass is 10.0. The number of hydrogen-bond donors (Lipinski definition) is 0. The third kappa shape index (κ3) is 2.50. The van der Waals surface area contributed by atoms with Crippen LogP contribution in [0.2, 0.25) is 0 Å². The Labute approximate surface area is 123 Å². The Hall–Kier alpha value is -1.62. The van der Waals surface area contributed by atoms with Gasteiger partial charge >= 0.3 is 0 Å². The number of nitrogens with zero attached hydrogens (tertiary/aromatic N) is 3. The second kappa shape index (κ2) is 5.40. The molecule has 4 nitrogen and oxygen atoms in total. The number of carbonyl (C=O) groups excluding carboxylic acids is 1. The van der Waals surface area contributed by atoms with Gasteiger partial charge < -0.3 is 4.90 Å². The smallest absolute Gasteiger partial charge is 0.254 e. The summed E-state index contributed by atoms with van der Waals surface area (Å²) in [4.78, 5) is 14.4. The van der Waals surface area contributed by atoms with Crippen LogP contribution in [0.15, 0.2) is 22.9 Å². The largest absolute Gasteiger partial charge is 0.336 e. The number of amides is 1. The van der Waals surface area contributed by atoms with Crippen LogP contribution in [-0.4, -0.2) is 33.7 Å². The zero-order chi connectivity index (χ0) is 14.1. The van der Waals surface area contributed by atoms with Crippen molar-refractivity contribution in [3.63, 3.8) is 0 Å². The summed E-state index contributed by atoms with van der Waals surface area (Å²) in [5.74, 6) is 0.150. The zero-order valence-electron chi connectivity index (χ0n) is 11.9. The van der Waals surface area contributed by atoms with E-state index in [1.54, 1.807) is 11.3 Å². The molecule has 1 aliphatic heterocycles. The predicted octanol–water partition coefficient (Wildman–Crippen LogP) is 3.04. The maximum Gasteiger partial charge on any atom is 0.254 e. The molecule has 1 aliphatic rings. The van der Waals surface area contributed by atoms with Crippen molar-refractivity contribution in [1.82, 2.24) is 14.7 Å². The van der Waals surface area contributed by atoms with E-state index in [2.05, 4.69) is 22.8 Å². The molecule has 1 unspecified atom stereocenters. The van der Waals surface area contributed by atoms with E-state index in [0.29, 0.717) is 6.04 Å². The van der Waals surface area contributed by atoms with Crippen molar-refractivity contribution in [2.75, 3.05) is 13.1 Å². The van der Waals surface area contributed by atoms with E-state index >= 15 is 0 Å². The van der Waals surface area contributed by atoms with Crippen LogP contribution in [0.4, 0.5) is 0 Å². The number of likely N-dealkylation sites (tertiary alicyclic amines) is 1. The second-order valence-corrected chi connectivity index (χ2v) is 6.21. The predicted molar refractivity (Wildman–Crippen MR) is 80.2 cm³/mol. The summed E-state index contributed by atoms with van der Waals surface area (Å²) in [6.07, 6.45) is 2.13. The SMILES string of the molecule is Cc1cc(C)n(C2CCCN(C(=O)c3ccsc3)C2)n1. The fraction of sp³-hybridized carbons (Fsp3) is 0.467. The quantitative estimate of drug-likeness (QED) is 0.852. The van der Waals surface area contributed by atoms with Crippen LogP contribution in [0.25, 0.3) is 0 Å². The lowest BCUT2D eigenvalue weighted by Crippen LogP contribution is -2.41. The average Bonchev–Trinajstić information content (AvgIpc) is 3.08. The molecule has 2 aromatic rings. The molecule has 0 spiro atoms. The Kier molecular flexibility index (Phi) is 3.61. The van der Waals surface area contributed by atoms with Gasteiger partial charge in [-0.05, 0) is 44.2 Å². The average molecular weight is 289 g/mol. The first-order valence-electron chi connectivity index (χ1n) is 6.99. The Morgan fingerprint density at radius 2 is 2.30 bits per heavy atom. The van der Waals surface area contributed by atoms with Gasteiger partial charge in [0.15, 0.2) is 0 Å². The lowest BCUT2D eigenvalue weighted by Gasteiger charge is -2.33. The van der Waals surface area contributed by atoms with Gasteiger partial charge in [0, 0.05) is 24.2 Å². The van der Waals surface area contributed by atoms with Gasteiger partial charge in [0.25, 0.3) is 5.91 Å². The fourth-order valence-corrected chi connectivity index (χ4v) is 3.55. The van der Waals surface area contributed by atoms with Gasteiger partial charge in [-0.1, -0.05) is 0 Å². The molecular formula is C15H19N3OS. The maximum atomic E-state index is 12.4. The van der Waals surface area contributed by atoms with Crippen molar-refractivity contribution in [2.24, 2.45) is 0 Å². The number of aryl methyl sites for hydroxylation is 2. The molecule has 0 aromatic carbocycles. The van der Waals surface area contributed by atoms with Gasteiger partial charge in [-0.3, -0.25) is 9.48 Å². The summed E-state index contributed by atoms with van der Waals surface area (Å²) < 4.78 is 2.09. The van der Waals surface area contributed by atoms with Crippen LogP contribution in [0.5, 0.6) is 0 Å². The molecular weight excluding hydrogens is 270 g/mol. The van der Waals surface area contributed by atoms with Gasteiger partial charge in [0.05, 0.1) is 17.3 Å². The Morgan fingerprint density at radius 1 is 1.45 bits per heavy atom. The van der Waals surface area contributed by atoms with Gasteiger partial charge in [-0.25, -0.2) is 0 Å². The van der Waals surface area contributed by atoms with E-state index in [9.17, 15) is 4.79 Å². The first-order chi connectivity index (χ1) is 9.65. The molecule has 20 heavy (non-hydrogen) atoms. The first-order valence-corrected chi connectivity index (χ1v) is 7.93. The van der Waals surface area contributed by atoms with Crippen LogP contribution in [-0.2, 0) is 0 Å². The summed E-state index contributed by atoms with van der Waals surface area (Å²) in [5, 5.41) is 8.45. The minimum absolute atomic E-state index is 0.150. The molecule has 1 atom stereocenters. The fourth-order valence-electron chi connectivity index (χ4n) is 2.92. The van der Waals surface area contributed by atoms with E-state index in [1.807, 2.05) is 28.7 Å². The molecule has 0 radical (unpaired) electrons. The molecule has 0 bridgehead atoms. The van der Waals surface area contributed by atoms with Gasteiger partial charge in [0.2, 0.25) is 0 Å². The zero-order valence-corrected chi connectivity index (χ0v) is 12.7. The van der Waals surface area contributed by atoms with Crippen LogP contribution >= 0.6 is 11.3 Å². The highest BCUT2D eigenvalue weighted by molar-refractivity contribution is 7.08. The van der Waals surface area contributed by atoms with Crippen molar-refractivity contribution < 1.29 is 4.79 Å². The first kappa shape index (κ1) is 13.4. The summed E-state index contributed by atoms with van der Waals surface area (Å²) in [6, 6.07) is 4.31. The third-order valence-electron chi connectivity index (χ3n) is 3.84. The van der Waals surface area contributed by atoms with Crippen molar-refractivity contribution in [2.45, 2.75) is 32.7 Å². The highest BCUT2D eigenvalue weighted by Gasteiger charge is 2.26. The molecule has 2 aromatic heterocycles. The molecule has 1 saturated heterocycles. The highest BCUT2D eigenvalue weighted by atomic mass is 32.1. The van der Waals surface area contributed by atoms with Crippen LogP contribution in [0.3, 0.4) is 0 Å². The monoisotopic (exact) mass is 289 g/mol. The van der Waals surface area contributed by atoms with E-state index in [-0.39, 0.29) is 5.91 Å². The number of rotatable bonds is 2. The van der Waals surface area contributed by atoms with Crippen molar-refractivity contribution in [1.29, 1.82) is 0 Å². The molecule has 0 saturated carbocycles. The Bertz CT molecular complexity index is 603. The van der Waals surface area contributed by atoms with E-state index < -0.39 is 0 Å². The molecule has 3 rings (SSSR count). The summed E-state index contributed by atoms with van der Waals surface area (Å²) in [7, 11) is 0. The Morgan fingerprint density at radius 3 is 2.95 bits per heavy atom. The summed E-state index contributed by atoms with van der Waals surface area (Å²) >= 11 is 1.57. The highest BCUT2D eigenvalue weighted by Crippen LogP contribution is 2.24. The lowest BCUT2D eigenvalue weighted by molar-refractivity contribution is 0.0672. The molecule has 1 fully saturated rings. The van der Waals surface area contributed by atoms with Crippen molar-refractivity contribution in [3.8, 4) is 0 Å². The Balaban J connectivity index is 1.77. The van der Waals surface area contributed by atoms with Gasteiger partial charge in [-0.2, -0.15) is 16.4 Å². The second-order valence-electron chi connectivity index (χ2n) is 5.43. The van der Waals surface area contributed by atoms with E-state index in [1.165, 1.54) is 5.69 Å². The van der Waals surface area contributed by atoms with Crippen molar-refractivity contribution in [3.05, 3.63) is 39.8 Å². The van der Waals surface area contributed by atoms with Gasteiger partial charge in [0.1, 0.15) is 0 Å². The third-order valence-corrected chi connectivity index (χ3v) is 4.53. The number of piperidine rings is 1. The molecule has 106 valence electrons. The van der Waals surface area contributed by atoms with Crippen LogP contribution in [0, 0.1) is 13.8 Å². The van der Waals surface area contributed by atoms with Crippen LogP contribution in [0.1, 0.15) is 40.6 Å². The maximum absolute atomic E-state index is 12.4. The van der Waals surface area contributed by atoms with E-state index in [4.69, 9.17) is 0 Å². The minimum atomic E-state index is 0.150. The van der Waals surface area contributed by atoms with E-state index in [0.717, 1.165) is 37.2 Å². The minimum Gasteiger partial charge on any atom is -0.336 e.